The Morgan fingerprint density at radius 1 is 1.06 bits per heavy atom. The van der Waals surface area contributed by atoms with Crippen molar-refractivity contribution in [3.05, 3.63) is 58.6 Å². The Labute approximate surface area is 108 Å². The maximum Gasteiger partial charge on any atom is 0.0314 e. The molecule has 2 aromatic carbocycles. The minimum atomic E-state index is 0.816. The predicted octanol–water partition coefficient (Wildman–Crippen LogP) is 4.32. The molecule has 2 aromatic rings. The average Bonchev–Trinajstić information content (AvgIpc) is 2.28. The third-order valence-electron chi connectivity index (χ3n) is 2.18. The van der Waals surface area contributed by atoms with E-state index in [0.717, 1.165) is 15.9 Å². The first kappa shape index (κ1) is 11.6. The number of benzene rings is 2. The molecule has 82 valence electrons. The maximum atomic E-state index is 5.64. The van der Waals surface area contributed by atoms with Crippen LogP contribution in [0.5, 0.6) is 0 Å². The lowest BCUT2D eigenvalue weighted by molar-refractivity contribution is 1.37. The molecule has 0 aliphatic carbocycles. The van der Waals surface area contributed by atoms with Crippen LogP contribution in [0.2, 0.25) is 0 Å². The van der Waals surface area contributed by atoms with E-state index < -0.39 is 0 Å². The molecule has 1 nitrogen and oxygen atoms in total. The zero-order valence-corrected chi connectivity index (χ0v) is 11.1. The van der Waals surface area contributed by atoms with Crippen molar-refractivity contribution in [2.24, 2.45) is 0 Å². The van der Waals surface area contributed by atoms with Gasteiger partial charge < -0.3 is 5.73 Å². The minimum absolute atomic E-state index is 0.816. The number of thioether (sulfide) groups is 1. The molecule has 0 aliphatic rings. The summed E-state index contributed by atoms with van der Waals surface area (Å²) in [5.41, 5.74) is 7.75. The zero-order chi connectivity index (χ0) is 11.4. The highest BCUT2D eigenvalue weighted by Crippen LogP contribution is 2.25. The molecule has 0 fully saturated rings. The van der Waals surface area contributed by atoms with E-state index in [0.29, 0.717) is 0 Å². The molecule has 0 radical (unpaired) electrons. The molecule has 3 heteroatoms. The Hall–Kier alpha value is -0.930. The van der Waals surface area contributed by atoms with Gasteiger partial charge in [0.1, 0.15) is 0 Å². The molecule has 0 heterocycles. The SMILES string of the molecule is Nc1ccc(CSc2cccc(Br)c2)cc1. The largest absolute Gasteiger partial charge is 0.399 e. The monoisotopic (exact) mass is 293 g/mol. The van der Waals surface area contributed by atoms with Crippen molar-refractivity contribution in [2.45, 2.75) is 10.6 Å². The molecule has 0 bridgehead atoms. The van der Waals surface area contributed by atoms with Crippen LogP contribution in [0.15, 0.2) is 57.9 Å². The Morgan fingerprint density at radius 2 is 1.81 bits per heavy atom. The van der Waals surface area contributed by atoms with Crippen LogP contribution in [0.3, 0.4) is 0 Å². The van der Waals surface area contributed by atoms with Crippen LogP contribution in [0, 0.1) is 0 Å². The fourth-order valence-electron chi connectivity index (χ4n) is 1.34. The summed E-state index contributed by atoms with van der Waals surface area (Å²) in [6, 6.07) is 16.4. The molecule has 0 atom stereocenters. The smallest absolute Gasteiger partial charge is 0.0314 e. The summed E-state index contributed by atoms with van der Waals surface area (Å²) >= 11 is 5.29. The van der Waals surface area contributed by atoms with Crippen LogP contribution < -0.4 is 5.73 Å². The lowest BCUT2D eigenvalue weighted by Crippen LogP contribution is -1.85. The second-order valence-corrected chi connectivity index (χ2v) is 5.45. The van der Waals surface area contributed by atoms with E-state index in [1.807, 2.05) is 30.0 Å². The van der Waals surface area contributed by atoms with Crippen molar-refractivity contribution >= 4 is 33.4 Å². The van der Waals surface area contributed by atoms with Gasteiger partial charge in [0.25, 0.3) is 0 Å². The number of anilines is 1. The lowest BCUT2D eigenvalue weighted by Gasteiger charge is -2.03. The number of nitrogens with two attached hydrogens (primary N) is 1. The van der Waals surface area contributed by atoms with Crippen LogP contribution >= 0.6 is 27.7 Å². The molecular formula is C13H12BrNS. The first-order valence-electron chi connectivity index (χ1n) is 4.97. The molecule has 0 saturated heterocycles. The van der Waals surface area contributed by atoms with Gasteiger partial charge in [0.2, 0.25) is 0 Å². The second-order valence-electron chi connectivity index (χ2n) is 3.49. The minimum Gasteiger partial charge on any atom is -0.399 e. The van der Waals surface area contributed by atoms with Crippen molar-refractivity contribution in [3.63, 3.8) is 0 Å². The van der Waals surface area contributed by atoms with Gasteiger partial charge in [-0.2, -0.15) is 0 Å². The third kappa shape index (κ3) is 3.29. The summed E-state index contributed by atoms with van der Waals surface area (Å²) in [5, 5.41) is 0. The molecular weight excluding hydrogens is 282 g/mol. The van der Waals surface area contributed by atoms with Gasteiger partial charge in [-0.15, -0.1) is 11.8 Å². The zero-order valence-electron chi connectivity index (χ0n) is 8.69. The van der Waals surface area contributed by atoms with Gasteiger partial charge in [-0.3, -0.25) is 0 Å². The van der Waals surface area contributed by atoms with Gasteiger partial charge in [0, 0.05) is 20.8 Å². The highest BCUT2D eigenvalue weighted by Gasteiger charge is 1.97. The van der Waals surface area contributed by atoms with Gasteiger partial charge in [0.05, 0.1) is 0 Å². The summed E-state index contributed by atoms with van der Waals surface area (Å²) in [7, 11) is 0. The van der Waals surface area contributed by atoms with E-state index in [1.165, 1.54) is 10.5 Å². The van der Waals surface area contributed by atoms with E-state index in [1.54, 1.807) is 0 Å². The second kappa shape index (κ2) is 5.41. The average molecular weight is 294 g/mol. The van der Waals surface area contributed by atoms with E-state index in [4.69, 9.17) is 5.73 Å². The normalized spacial score (nSPS) is 10.3. The van der Waals surface area contributed by atoms with Crippen LogP contribution in [0.4, 0.5) is 5.69 Å². The first-order valence-corrected chi connectivity index (χ1v) is 6.75. The molecule has 0 unspecified atom stereocenters. The van der Waals surface area contributed by atoms with Crippen molar-refractivity contribution < 1.29 is 0 Å². The number of halogens is 1. The topological polar surface area (TPSA) is 26.0 Å². The molecule has 0 spiro atoms. The van der Waals surface area contributed by atoms with Gasteiger partial charge in [0.15, 0.2) is 0 Å². The lowest BCUT2D eigenvalue weighted by atomic mass is 10.2. The standard InChI is InChI=1S/C13H12BrNS/c14-11-2-1-3-13(8-11)16-9-10-4-6-12(15)7-5-10/h1-8H,9,15H2. The fourth-order valence-corrected chi connectivity index (χ4v) is 2.80. The van der Waals surface area contributed by atoms with E-state index >= 15 is 0 Å². The van der Waals surface area contributed by atoms with Gasteiger partial charge >= 0.3 is 0 Å². The Bertz CT molecular complexity index is 468. The highest BCUT2D eigenvalue weighted by molar-refractivity contribution is 9.10. The molecule has 2 N–H and O–H groups in total. The van der Waals surface area contributed by atoms with Gasteiger partial charge in [-0.1, -0.05) is 34.1 Å². The Morgan fingerprint density at radius 3 is 2.50 bits per heavy atom. The molecule has 0 saturated carbocycles. The Balaban J connectivity index is 1.99. The predicted molar refractivity (Wildman–Crippen MR) is 74.6 cm³/mol. The number of rotatable bonds is 3. The summed E-state index contributed by atoms with van der Waals surface area (Å²) in [6.45, 7) is 0. The summed E-state index contributed by atoms with van der Waals surface area (Å²) < 4.78 is 1.12. The van der Waals surface area contributed by atoms with Gasteiger partial charge in [-0.05, 0) is 35.9 Å². The van der Waals surface area contributed by atoms with Crippen LogP contribution in [0.25, 0.3) is 0 Å². The van der Waals surface area contributed by atoms with Crippen LogP contribution in [-0.4, -0.2) is 0 Å². The molecule has 0 amide bonds. The molecule has 0 aromatic heterocycles. The van der Waals surface area contributed by atoms with E-state index in [-0.39, 0.29) is 0 Å². The van der Waals surface area contributed by atoms with Crippen molar-refractivity contribution in [1.82, 2.24) is 0 Å². The number of nitrogen functional groups attached to an aromatic ring is 1. The van der Waals surface area contributed by atoms with Crippen molar-refractivity contribution in [3.8, 4) is 0 Å². The maximum absolute atomic E-state index is 5.64. The van der Waals surface area contributed by atoms with Gasteiger partial charge in [-0.25, -0.2) is 0 Å². The molecule has 0 aliphatic heterocycles. The highest BCUT2D eigenvalue weighted by atomic mass is 79.9. The summed E-state index contributed by atoms with van der Waals surface area (Å²) in [6.07, 6.45) is 0. The summed E-state index contributed by atoms with van der Waals surface area (Å²) in [4.78, 5) is 1.27. The van der Waals surface area contributed by atoms with E-state index in [9.17, 15) is 0 Å². The molecule has 2 rings (SSSR count). The first-order chi connectivity index (χ1) is 7.74. The Kier molecular flexibility index (Phi) is 3.91. The van der Waals surface area contributed by atoms with Crippen LogP contribution in [0.1, 0.15) is 5.56 Å². The quantitative estimate of drug-likeness (QED) is 0.674. The third-order valence-corrected chi connectivity index (χ3v) is 3.74. The van der Waals surface area contributed by atoms with Crippen LogP contribution in [-0.2, 0) is 5.75 Å². The molecule has 16 heavy (non-hydrogen) atoms. The fraction of sp³-hybridized carbons (Fsp3) is 0.0769. The number of hydrogen-bond donors (Lipinski definition) is 1. The van der Waals surface area contributed by atoms with Crippen molar-refractivity contribution in [2.75, 3.05) is 5.73 Å². The summed E-state index contributed by atoms with van der Waals surface area (Å²) in [5.74, 6) is 0.969. The van der Waals surface area contributed by atoms with E-state index in [2.05, 4.69) is 46.3 Å². The van der Waals surface area contributed by atoms with Crippen molar-refractivity contribution in [1.29, 1.82) is 0 Å². The number of hydrogen-bond acceptors (Lipinski definition) is 2.